The molecule has 1 aliphatic rings. The van der Waals surface area contributed by atoms with Gasteiger partial charge in [-0.05, 0) is 6.92 Å². The lowest BCUT2D eigenvalue weighted by molar-refractivity contribution is -0.124. The molecule has 1 fully saturated rings. The van der Waals surface area contributed by atoms with Crippen LogP contribution in [0.4, 0.5) is 4.79 Å². The summed E-state index contributed by atoms with van der Waals surface area (Å²) in [5.74, 6) is -0.247. The van der Waals surface area contributed by atoms with Crippen LogP contribution >= 0.6 is 12.4 Å². The standard InChI is InChI=1S/C8H10N4O3.ClH/c1-4-2-10-15-5(4)8(3-9)6(13)11-7(14)12-8;/h2H,3,9H2,1H3,(H2,11,12,13,14);1H/t8-;/m1./s1. The molecule has 1 aromatic rings. The Morgan fingerprint density at radius 2 is 2.25 bits per heavy atom. The number of rotatable bonds is 2. The van der Waals surface area contributed by atoms with E-state index >= 15 is 0 Å². The molecule has 0 saturated carbocycles. The van der Waals surface area contributed by atoms with Crippen LogP contribution in [0.5, 0.6) is 0 Å². The average molecular weight is 247 g/mol. The van der Waals surface area contributed by atoms with Crippen molar-refractivity contribution in [2.45, 2.75) is 12.5 Å². The number of urea groups is 1. The van der Waals surface area contributed by atoms with Gasteiger partial charge in [-0.25, -0.2) is 4.79 Å². The third kappa shape index (κ3) is 1.54. The Bertz CT molecular complexity index is 433. The fourth-order valence-electron chi connectivity index (χ4n) is 1.59. The van der Waals surface area contributed by atoms with Crippen molar-refractivity contribution in [1.82, 2.24) is 15.8 Å². The van der Waals surface area contributed by atoms with Crippen molar-refractivity contribution in [3.05, 3.63) is 17.5 Å². The average Bonchev–Trinajstić information content (AvgIpc) is 2.71. The SMILES string of the molecule is Cc1cnoc1[C@@]1(CN)NC(=O)NC1=O.Cl. The van der Waals surface area contributed by atoms with Gasteiger partial charge < -0.3 is 15.6 Å². The van der Waals surface area contributed by atoms with Crippen LogP contribution in [0.15, 0.2) is 10.7 Å². The summed E-state index contributed by atoms with van der Waals surface area (Å²) in [6.07, 6.45) is 1.46. The highest BCUT2D eigenvalue weighted by Crippen LogP contribution is 2.26. The number of aromatic nitrogens is 1. The Morgan fingerprint density at radius 3 is 2.62 bits per heavy atom. The minimum atomic E-state index is -1.32. The van der Waals surface area contributed by atoms with E-state index < -0.39 is 17.5 Å². The summed E-state index contributed by atoms with van der Waals surface area (Å²) < 4.78 is 4.96. The summed E-state index contributed by atoms with van der Waals surface area (Å²) in [6, 6.07) is -0.582. The van der Waals surface area contributed by atoms with Gasteiger partial charge in [0.05, 0.1) is 6.20 Å². The number of hydrogen-bond donors (Lipinski definition) is 3. The smallest absolute Gasteiger partial charge is 0.322 e. The summed E-state index contributed by atoms with van der Waals surface area (Å²) in [4.78, 5) is 22.7. The van der Waals surface area contributed by atoms with Gasteiger partial charge in [0.1, 0.15) is 0 Å². The molecule has 88 valence electrons. The fraction of sp³-hybridized carbons (Fsp3) is 0.375. The topological polar surface area (TPSA) is 110 Å². The van der Waals surface area contributed by atoms with E-state index in [1.165, 1.54) is 6.20 Å². The van der Waals surface area contributed by atoms with Gasteiger partial charge in [-0.15, -0.1) is 12.4 Å². The van der Waals surface area contributed by atoms with Gasteiger partial charge in [0.15, 0.2) is 11.3 Å². The van der Waals surface area contributed by atoms with Crippen LogP contribution in [0.3, 0.4) is 0 Å². The molecule has 16 heavy (non-hydrogen) atoms. The number of aryl methyl sites for hydroxylation is 1. The Balaban J connectivity index is 0.00000128. The number of halogens is 1. The van der Waals surface area contributed by atoms with Crippen molar-refractivity contribution >= 4 is 24.3 Å². The monoisotopic (exact) mass is 246 g/mol. The van der Waals surface area contributed by atoms with E-state index in [2.05, 4.69) is 15.8 Å². The second kappa shape index (κ2) is 4.11. The third-order valence-corrected chi connectivity index (χ3v) is 2.38. The molecular weight excluding hydrogens is 236 g/mol. The second-order valence-corrected chi connectivity index (χ2v) is 3.36. The predicted molar refractivity (Wildman–Crippen MR) is 55.9 cm³/mol. The molecule has 7 nitrogen and oxygen atoms in total. The minimum absolute atomic E-state index is 0. The van der Waals surface area contributed by atoms with Crippen LogP contribution in [-0.2, 0) is 10.3 Å². The lowest BCUT2D eigenvalue weighted by Gasteiger charge is -2.21. The number of hydrogen-bond acceptors (Lipinski definition) is 5. The van der Waals surface area contributed by atoms with Gasteiger partial charge in [0.2, 0.25) is 0 Å². The summed E-state index contributed by atoms with van der Waals surface area (Å²) in [7, 11) is 0. The Kier molecular flexibility index (Phi) is 3.20. The maximum atomic E-state index is 11.6. The fourth-order valence-corrected chi connectivity index (χ4v) is 1.59. The molecule has 0 aromatic carbocycles. The molecule has 4 N–H and O–H groups in total. The normalized spacial score (nSPS) is 23.6. The third-order valence-electron chi connectivity index (χ3n) is 2.38. The lowest BCUT2D eigenvalue weighted by atomic mass is 9.94. The predicted octanol–water partition coefficient (Wildman–Crippen LogP) is -0.602. The second-order valence-electron chi connectivity index (χ2n) is 3.36. The number of nitrogens with one attached hydrogen (secondary N) is 2. The zero-order chi connectivity index (χ0) is 11.1. The van der Waals surface area contributed by atoms with Gasteiger partial charge >= 0.3 is 6.03 Å². The van der Waals surface area contributed by atoms with Crippen molar-refractivity contribution in [3.8, 4) is 0 Å². The molecule has 2 heterocycles. The molecule has 1 aromatic heterocycles. The van der Waals surface area contributed by atoms with E-state index in [0.717, 1.165) is 0 Å². The van der Waals surface area contributed by atoms with Crippen LogP contribution in [0.25, 0.3) is 0 Å². The van der Waals surface area contributed by atoms with Crippen LogP contribution in [0, 0.1) is 6.92 Å². The molecule has 1 saturated heterocycles. The van der Waals surface area contributed by atoms with E-state index in [4.69, 9.17) is 10.3 Å². The number of amides is 3. The molecule has 0 aliphatic carbocycles. The van der Waals surface area contributed by atoms with Crippen molar-refractivity contribution in [1.29, 1.82) is 0 Å². The zero-order valence-electron chi connectivity index (χ0n) is 8.44. The van der Waals surface area contributed by atoms with Crippen molar-refractivity contribution in [3.63, 3.8) is 0 Å². The molecule has 2 rings (SSSR count). The molecular formula is C8H11ClN4O3. The quantitative estimate of drug-likeness (QED) is 0.604. The van der Waals surface area contributed by atoms with Crippen LogP contribution in [-0.4, -0.2) is 23.6 Å². The van der Waals surface area contributed by atoms with Crippen molar-refractivity contribution < 1.29 is 14.1 Å². The summed E-state index contributed by atoms with van der Waals surface area (Å²) in [5.41, 5.74) is 4.86. The van der Waals surface area contributed by atoms with Crippen LogP contribution in [0.1, 0.15) is 11.3 Å². The molecule has 8 heteroatoms. The molecule has 3 amide bonds. The first-order valence-electron chi connectivity index (χ1n) is 4.35. The Morgan fingerprint density at radius 1 is 1.56 bits per heavy atom. The molecule has 0 spiro atoms. The molecule has 0 bridgehead atoms. The number of carbonyl (C=O) groups excluding carboxylic acids is 2. The maximum absolute atomic E-state index is 11.6. The van der Waals surface area contributed by atoms with Gasteiger partial charge in [-0.1, -0.05) is 5.16 Å². The number of imide groups is 1. The van der Waals surface area contributed by atoms with Gasteiger partial charge in [-0.3, -0.25) is 10.1 Å². The first-order valence-corrected chi connectivity index (χ1v) is 4.35. The highest BCUT2D eigenvalue weighted by molar-refractivity contribution is 6.07. The summed E-state index contributed by atoms with van der Waals surface area (Å²) in [6.45, 7) is 1.64. The van der Waals surface area contributed by atoms with E-state index in [-0.39, 0.29) is 24.7 Å². The highest BCUT2D eigenvalue weighted by Gasteiger charge is 2.50. The van der Waals surface area contributed by atoms with Crippen molar-refractivity contribution in [2.75, 3.05) is 6.54 Å². The minimum Gasteiger partial charge on any atom is -0.358 e. The molecule has 1 atom stereocenters. The Hall–Kier alpha value is -1.60. The van der Waals surface area contributed by atoms with Crippen LogP contribution < -0.4 is 16.4 Å². The number of nitrogens with zero attached hydrogens (tertiary/aromatic N) is 1. The largest absolute Gasteiger partial charge is 0.358 e. The van der Waals surface area contributed by atoms with Crippen LogP contribution in [0.2, 0.25) is 0 Å². The zero-order valence-corrected chi connectivity index (χ0v) is 9.26. The molecule has 0 radical (unpaired) electrons. The Labute approximate surface area is 97.1 Å². The van der Waals surface area contributed by atoms with E-state index in [9.17, 15) is 9.59 Å². The number of nitrogens with two attached hydrogens (primary N) is 1. The number of carbonyl (C=O) groups is 2. The van der Waals surface area contributed by atoms with Gasteiger partial charge in [-0.2, -0.15) is 0 Å². The molecule has 1 aliphatic heterocycles. The first-order chi connectivity index (χ1) is 7.10. The highest BCUT2D eigenvalue weighted by atomic mass is 35.5. The van der Waals surface area contributed by atoms with Gasteiger partial charge in [0, 0.05) is 12.1 Å². The van der Waals surface area contributed by atoms with E-state index in [1.807, 2.05) is 0 Å². The maximum Gasteiger partial charge on any atom is 0.322 e. The van der Waals surface area contributed by atoms with Crippen molar-refractivity contribution in [2.24, 2.45) is 5.73 Å². The van der Waals surface area contributed by atoms with Gasteiger partial charge in [0.25, 0.3) is 5.91 Å². The molecule has 0 unspecified atom stereocenters. The lowest BCUT2D eigenvalue weighted by Crippen LogP contribution is -2.50. The van der Waals surface area contributed by atoms with E-state index in [0.29, 0.717) is 5.56 Å². The summed E-state index contributed by atoms with van der Waals surface area (Å²) in [5, 5.41) is 8.13. The first kappa shape index (κ1) is 12.5. The summed E-state index contributed by atoms with van der Waals surface area (Å²) >= 11 is 0. The van der Waals surface area contributed by atoms with E-state index in [1.54, 1.807) is 6.92 Å².